The van der Waals surface area contributed by atoms with Gasteiger partial charge in [0.2, 0.25) is 0 Å². The molecular formula is C27H53NO4. The molecule has 0 aliphatic rings. The first-order valence-corrected chi connectivity index (χ1v) is 13.7. The van der Waals surface area contributed by atoms with E-state index in [0.717, 1.165) is 70.9 Å². The van der Waals surface area contributed by atoms with Gasteiger partial charge >= 0.3 is 5.97 Å². The molecule has 0 spiro atoms. The van der Waals surface area contributed by atoms with Gasteiger partial charge in [0, 0.05) is 19.4 Å². The van der Waals surface area contributed by atoms with E-state index >= 15 is 0 Å². The predicted octanol–water partition coefficient (Wildman–Crippen LogP) is 6.45. The lowest BCUT2D eigenvalue weighted by Gasteiger charge is -2.21. The van der Waals surface area contributed by atoms with E-state index in [4.69, 9.17) is 4.74 Å². The van der Waals surface area contributed by atoms with E-state index in [-0.39, 0.29) is 12.6 Å². The Hall–Kier alpha value is -0.940. The number of aliphatic hydroxyl groups excluding tert-OH is 1. The van der Waals surface area contributed by atoms with Gasteiger partial charge in [-0.2, -0.15) is 0 Å². The fourth-order valence-electron chi connectivity index (χ4n) is 4.02. The number of aldehydes is 1. The van der Waals surface area contributed by atoms with Crippen molar-refractivity contribution in [3.8, 4) is 0 Å². The summed E-state index contributed by atoms with van der Waals surface area (Å²) in [5, 5.41) is 9.27. The van der Waals surface area contributed by atoms with E-state index in [2.05, 4.69) is 11.8 Å². The molecule has 0 atom stereocenters. The number of unbranched alkanes of at least 4 members (excludes halogenated alkanes) is 15. The zero-order valence-electron chi connectivity index (χ0n) is 21.2. The fraction of sp³-hybridized carbons (Fsp3) is 0.926. The summed E-state index contributed by atoms with van der Waals surface area (Å²) in [6.07, 6.45) is 22.3. The molecule has 0 radical (unpaired) electrons. The van der Waals surface area contributed by atoms with Crippen LogP contribution in [0.25, 0.3) is 0 Å². The molecule has 0 aromatic carbocycles. The quantitative estimate of drug-likeness (QED) is 0.0921. The van der Waals surface area contributed by atoms with Crippen molar-refractivity contribution < 1.29 is 19.4 Å². The molecule has 0 aliphatic carbocycles. The van der Waals surface area contributed by atoms with Crippen molar-refractivity contribution in [3.05, 3.63) is 0 Å². The third kappa shape index (κ3) is 23.7. The van der Waals surface area contributed by atoms with E-state index < -0.39 is 0 Å². The number of hydrogen-bond acceptors (Lipinski definition) is 5. The lowest BCUT2D eigenvalue weighted by atomic mass is 10.1. The average Bonchev–Trinajstić information content (AvgIpc) is 2.79. The zero-order valence-corrected chi connectivity index (χ0v) is 21.2. The molecule has 0 bridgehead atoms. The van der Waals surface area contributed by atoms with Gasteiger partial charge in [-0.25, -0.2) is 0 Å². The van der Waals surface area contributed by atoms with Crippen LogP contribution in [0, 0.1) is 0 Å². The van der Waals surface area contributed by atoms with E-state index in [0.29, 0.717) is 19.4 Å². The highest BCUT2D eigenvalue weighted by atomic mass is 16.5. The number of rotatable bonds is 26. The lowest BCUT2D eigenvalue weighted by molar-refractivity contribution is -0.143. The summed E-state index contributed by atoms with van der Waals surface area (Å²) in [7, 11) is 0. The maximum Gasteiger partial charge on any atom is 0.305 e. The first-order valence-electron chi connectivity index (χ1n) is 13.7. The topological polar surface area (TPSA) is 66.8 Å². The maximum atomic E-state index is 11.9. The van der Waals surface area contributed by atoms with Crippen LogP contribution in [0.3, 0.4) is 0 Å². The summed E-state index contributed by atoms with van der Waals surface area (Å²) in [5.74, 6) is -0.0497. The number of carbonyl (C=O) groups is 2. The van der Waals surface area contributed by atoms with Gasteiger partial charge < -0.3 is 19.5 Å². The Kier molecular flexibility index (Phi) is 25.5. The molecule has 190 valence electrons. The Morgan fingerprint density at radius 2 is 1.25 bits per heavy atom. The van der Waals surface area contributed by atoms with Gasteiger partial charge in [-0.3, -0.25) is 4.79 Å². The van der Waals surface area contributed by atoms with Crippen molar-refractivity contribution in [2.45, 2.75) is 129 Å². The van der Waals surface area contributed by atoms with Gasteiger partial charge in [0.05, 0.1) is 13.2 Å². The highest BCUT2D eigenvalue weighted by Crippen LogP contribution is 2.10. The first-order chi connectivity index (χ1) is 15.7. The minimum absolute atomic E-state index is 0.0497. The second-order valence-corrected chi connectivity index (χ2v) is 9.15. The number of aliphatic hydroxyl groups is 1. The van der Waals surface area contributed by atoms with Crippen LogP contribution in [0.1, 0.15) is 129 Å². The molecule has 32 heavy (non-hydrogen) atoms. The third-order valence-corrected chi connectivity index (χ3v) is 6.08. The molecule has 0 aromatic heterocycles. The predicted molar refractivity (Wildman–Crippen MR) is 134 cm³/mol. The molecule has 0 aliphatic heterocycles. The summed E-state index contributed by atoms with van der Waals surface area (Å²) in [6, 6.07) is 0. The van der Waals surface area contributed by atoms with E-state index in [1.54, 1.807) is 0 Å². The molecule has 5 heteroatoms. The number of esters is 1. The molecule has 0 rings (SSSR count). The summed E-state index contributed by atoms with van der Waals surface area (Å²) in [6.45, 7) is 5.76. The van der Waals surface area contributed by atoms with Crippen LogP contribution in [-0.2, 0) is 14.3 Å². The highest BCUT2D eigenvalue weighted by molar-refractivity contribution is 5.69. The van der Waals surface area contributed by atoms with Gasteiger partial charge in [0.15, 0.2) is 0 Å². The van der Waals surface area contributed by atoms with Crippen molar-refractivity contribution in [2.75, 3.05) is 32.8 Å². The molecule has 0 unspecified atom stereocenters. The molecule has 0 aromatic rings. The monoisotopic (exact) mass is 455 g/mol. The molecule has 0 saturated carbocycles. The standard InChI is InChI=1S/C27H53NO4/c1-2-3-4-5-6-7-10-13-19-26-32-27(31)20-15-14-17-22-28(23-25-30)21-16-11-8-9-12-18-24-29/h24,30H,2-23,25-26H2,1H3. The van der Waals surface area contributed by atoms with Crippen LogP contribution in [0.15, 0.2) is 0 Å². The molecular weight excluding hydrogens is 402 g/mol. The Morgan fingerprint density at radius 3 is 1.84 bits per heavy atom. The number of nitrogens with zero attached hydrogens (tertiary/aromatic N) is 1. The van der Waals surface area contributed by atoms with Crippen LogP contribution >= 0.6 is 0 Å². The highest BCUT2D eigenvalue weighted by Gasteiger charge is 2.06. The minimum Gasteiger partial charge on any atom is -0.466 e. The normalized spacial score (nSPS) is 11.2. The van der Waals surface area contributed by atoms with E-state index in [1.165, 1.54) is 64.2 Å². The Labute approximate surface area is 198 Å². The largest absolute Gasteiger partial charge is 0.466 e. The second kappa shape index (κ2) is 26.3. The summed E-state index contributed by atoms with van der Waals surface area (Å²) in [4.78, 5) is 24.5. The van der Waals surface area contributed by atoms with Gasteiger partial charge in [-0.05, 0) is 45.2 Å². The zero-order chi connectivity index (χ0) is 23.5. The molecule has 0 amide bonds. The second-order valence-electron chi connectivity index (χ2n) is 9.15. The van der Waals surface area contributed by atoms with Crippen LogP contribution in [0.2, 0.25) is 0 Å². The average molecular weight is 456 g/mol. The van der Waals surface area contributed by atoms with Gasteiger partial charge in [0.25, 0.3) is 0 Å². The van der Waals surface area contributed by atoms with Crippen LogP contribution in [0.5, 0.6) is 0 Å². The maximum absolute atomic E-state index is 11.9. The number of hydrogen-bond donors (Lipinski definition) is 1. The summed E-state index contributed by atoms with van der Waals surface area (Å²) >= 11 is 0. The first kappa shape index (κ1) is 31.1. The SMILES string of the molecule is CCCCCCCCCCCOC(=O)CCCCCN(CCO)CCCCCCCC=O. The fourth-order valence-corrected chi connectivity index (χ4v) is 4.02. The van der Waals surface area contributed by atoms with Crippen molar-refractivity contribution in [2.24, 2.45) is 0 Å². The molecule has 0 saturated heterocycles. The molecule has 1 N–H and O–H groups in total. The van der Waals surface area contributed by atoms with Gasteiger partial charge in [-0.15, -0.1) is 0 Å². The van der Waals surface area contributed by atoms with Gasteiger partial charge in [0.1, 0.15) is 6.29 Å². The van der Waals surface area contributed by atoms with Crippen molar-refractivity contribution in [1.29, 1.82) is 0 Å². The minimum atomic E-state index is -0.0497. The van der Waals surface area contributed by atoms with Crippen molar-refractivity contribution in [3.63, 3.8) is 0 Å². The van der Waals surface area contributed by atoms with Crippen molar-refractivity contribution in [1.82, 2.24) is 4.90 Å². The number of carbonyl (C=O) groups excluding carboxylic acids is 2. The molecule has 5 nitrogen and oxygen atoms in total. The molecule has 0 heterocycles. The smallest absolute Gasteiger partial charge is 0.305 e. The van der Waals surface area contributed by atoms with Gasteiger partial charge in [-0.1, -0.05) is 84.0 Å². The summed E-state index contributed by atoms with van der Waals surface area (Å²) in [5.41, 5.74) is 0. The van der Waals surface area contributed by atoms with Crippen molar-refractivity contribution >= 4 is 12.3 Å². The Balaban J connectivity index is 3.50. The number of ether oxygens (including phenoxy) is 1. The van der Waals surface area contributed by atoms with Crippen LogP contribution in [0.4, 0.5) is 0 Å². The lowest BCUT2D eigenvalue weighted by Crippen LogP contribution is -2.29. The van der Waals surface area contributed by atoms with Crippen LogP contribution in [-0.4, -0.2) is 55.1 Å². The molecule has 0 fully saturated rings. The Bertz CT molecular complexity index is 403. The summed E-state index contributed by atoms with van der Waals surface area (Å²) < 4.78 is 5.37. The Morgan fingerprint density at radius 1 is 0.719 bits per heavy atom. The van der Waals surface area contributed by atoms with E-state index in [1.807, 2.05) is 0 Å². The van der Waals surface area contributed by atoms with Crippen LogP contribution < -0.4 is 0 Å². The van der Waals surface area contributed by atoms with E-state index in [9.17, 15) is 14.7 Å². The third-order valence-electron chi connectivity index (χ3n) is 6.08.